The zero-order valence-electron chi connectivity index (χ0n) is 13.6. The van der Waals surface area contributed by atoms with E-state index in [2.05, 4.69) is 0 Å². The molecule has 0 spiro atoms. The Labute approximate surface area is 127 Å². The van der Waals surface area contributed by atoms with Crippen LogP contribution >= 0.6 is 0 Å². The second-order valence-electron chi connectivity index (χ2n) is 6.53. The van der Waals surface area contributed by atoms with Gasteiger partial charge in [-0.25, -0.2) is 0 Å². The van der Waals surface area contributed by atoms with Gasteiger partial charge in [0.1, 0.15) is 12.4 Å². The van der Waals surface area contributed by atoms with Crippen molar-refractivity contribution in [1.29, 1.82) is 0 Å². The number of aliphatic hydroxyl groups is 1. The molecule has 1 atom stereocenters. The highest BCUT2D eigenvalue weighted by Crippen LogP contribution is 2.36. The summed E-state index contributed by atoms with van der Waals surface area (Å²) in [7, 11) is -0.356. The molecule has 0 bridgehead atoms. The summed E-state index contributed by atoms with van der Waals surface area (Å²) in [5.41, 5.74) is 0.299. The van der Waals surface area contributed by atoms with Crippen molar-refractivity contribution in [1.82, 2.24) is 0 Å². The Morgan fingerprint density at radius 1 is 1.10 bits per heavy atom. The molecular weight excluding hydrogens is 267 g/mol. The van der Waals surface area contributed by atoms with E-state index in [9.17, 15) is 5.11 Å². The van der Waals surface area contributed by atoms with Crippen LogP contribution in [-0.4, -0.2) is 36.1 Å². The molecule has 0 amide bonds. The minimum Gasteiger partial charge on any atom is -0.491 e. The van der Waals surface area contributed by atoms with Crippen LogP contribution in [0.1, 0.15) is 41.0 Å². The van der Waals surface area contributed by atoms with Gasteiger partial charge in [-0.2, -0.15) is 0 Å². The molecule has 1 aliphatic rings. The lowest BCUT2D eigenvalue weighted by Gasteiger charge is -2.32. The molecular formula is C16H25BO4. The second kappa shape index (κ2) is 5.99. The highest BCUT2D eigenvalue weighted by molar-refractivity contribution is 6.62. The van der Waals surface area contributed by atoms with Gasteiger partial charge in [-0.1, -0.05) is 19.1 Å². The summed E-state index contributed by atoms with van der Waals surface area (Å²) in [6, 6.07) is 7.64. The molecule has 1 heterocycles. The Morgan fingerprint density at radius 2 is 1.62 bits per heavy atom. The third kappa shape index (κ3) is 3.60. The lowest BCUT2D eigenvalue weighted by atomic mass is 9.79. The van der Waals surface area contributed by atoms with E-state index in [-0.39, 0.29) is 18.3 Å². The van der Waals surface area contributed by atoms with E-state index in [1.54, 1.807) is 0 Å². The summed E-state index contributed by atoms with van der Waals surface area (Å²) in [6.45, 7) is 10.4. The van der Waals surface area contributed by atoms with Gasteiger partial charge in [-0.15, -0.1) is 0 Å². The van der Waals surface area contributed by atoms with Crippen LogP contribution in [0.2, 0.25) is 0 Å². The molecule has 1 fully saturated rings. The van der Waals surface area contributed by atoms with Gasteiger partial charge >= 0.3 is 7.12 Å². The Kier molecular flexibility index (Phi) is 4.66. The maximum absolute atomic E-state index is 9.50. The first kappa shape index (κ1) is 16.3. The SMILES string of the molecule is CCC(O)COc1ccc(B2OC(C)(C)C(C)(C)O2)cc1. The largest absolute Gasteiger partial charge is 0.494 e. The number of aliphatic hydroxyl groups excluding tert-OH is 1. The average molecular weight is 292 g/mol. The van der Waals surface area contributed by atoms with E-state index in [4.69, 9.17) is 14.0 Å². The van der Waals surface area contributed by atoms with Crippen molar-refractivity contribution >= 4 is 12.6 Å². The van der Waals surface area contributed by atoms with Crippen LogP contribution in [0.4, 0.5) is 0 Å². The maximum atomic E-state index is 9.50. The van der Waals surface area contributed by atoms with E-state index >= 15 is 0 Å². The van der Waals surface area contributed by atoms with E-state index < -0.39 is 6.10 Å². The molecule has 2 rings (SSSR count). The van der Waals surface area contributed by atoms with Gasteiger partial charge in [-0.05, 0) is 51.7 Å². The smallest absolute Gasteiger partial charge is 0.491 e. The van der Waals surface area contributed by atoms with Gasteiger partial charge in [0.05, 0.1) is 17.3 Å². The third-order valence-electron chi connectivity index (χ3n) is 4.32. The molecule has 116 valence electrons. The molecule has 0 aliphatic carbocycles. The third-order valence-corrected chi connectivity index (χ3v) is 4.32. The molecule has 0 saturated carbocycles. The van der Waals surface area contributed by atoms with Crippen molar-refractivity contribution in [3.05, 3.63) is 24.3 Å². The lowest BCUT2D eigenvalue weighted by molar-refractivity contribution is 0.00578. The molecule has 4 nitrogen and oxygen atoms in total. The number of rotatable bonds is 5. The normalized spacial score (nSPS) is 21.3. The fraction of sp³-hybridized carbons (Fsp3) is 0.625. The molecule has 1 aromatic rings. The van der Waals surface area contributed by atoms with Gasteiger partial charge in [0.2, 0.25) is 0 Å². The Balaban J connectivity index is 2.00. The van der Waals surface area contributed by atoms with Crippen LogP contribution in [0.5, 0.6) is 5.75 Å². The van der Waals surface area contributed by atoms with Gasteiger partial charge in [0.25, 0.3) is 0 Å². The van der Waals surface area contributed by atoms with Crippen molar-refractivity contribution in [3.63, 3.8) is 0 Å². The van der Waals surface area contributed by atoms with Crippen molar-refractivity contribution in [3.8, 4) is 5.75 Å². The maximum Gasteiger partial charge on any atom is 0.494 e. The van der Waals surface area contributed by atoms with Gasteiger partial charge in [0, 0.05) is 0 Å². The molecule has 0 radical (unpaired) electrons. The number of hydrogen-bond donors (Lipinski definition) is 1. The first-order chi connectivity index (χ1) is 9.75. The standard InChI is InChI=1S/C16H25BO4/c1-6-13(18)11-19-14-9-7-12(8-10-14)17-20-15(2,3)16(4,5)21-17/h7-10,13,18H,6,11H2,1-5H3. The summed E-state index contributed by atoms with van der Waals surface area (Å²) in [5.74, 6) is 0.739. The molecule has 0 aromatic heterocycles. The summed E-state index contributed by atoms with van der Waals surface area (Å²) < 4.78 is 17.5. The van der Waals surface area contributed by atoms with Crippen molar-refractivity contribution in [2.24, 2.45) is 0 Å². The minimum absolute atomic E-state index is 0.312. The monoisotopic (exact) mass is 292 g/mol. The molecule has 1 saturated heterocycles. The number of benzene rings is 1. The average Bonchev–Trinajstić information content (AvgIpc) is 2.65. The fourth-order valence-electron chi connectivity index (χ4n) is 2.01. The summed E-state index contributed by atoms with van der Waals surface area (Å²) in [4.78, 5) is 0. The van der Waals surface area contributed by atoms with Crippen LogP contribution in [0.25, 0.3) is 0 Å². The molecule has 5 heteroatoms. The Bertz CT molecular complexity index is 454. The van der Waals surface area contributed by atoms with E-state index in [0.717, 1.165) is 11.2 Å². The fourth-order valence-corrected chi connectivity index (χ4v) is 2.01. The quantitative estimate of drug-likeness (QED) is 0.845. The molecule has 1 aromatic carbocycles. The first-order valence-electron chi connectivity index (χ1n) is 7.51. The molecule has 1 N–H and O–H groups in total. The molecule has 1 aliphatic heterocycles. The Hall–Kier alpha value is -1.04. The topological polar surface area (TPSA) is 47.9 Å². The highest BCUT2D eigenvalue weighted by Gasteiger charge is 2.51. The van der Waals surface area contributed by atoms with E-state index in [1.807, 2.05) is 58.9 Å². The van der Waals surface area contributed by atoms with Gasteiger partial charge in [-0.3, -0.25) is 0 Å². The van der Waals surface area contributed by atoms with Crippen LogP contribution in [0.3, 0.4) is 0 Å². The second-order valence-corrected chi connectivity index (χ2v) is 6.53. The summed E-state index contributed by atoms with van der Waals surface area (Å²) in [6.07, 6.45) is 0.263. The summed E-state index contributed by atoms with van der Waals surface area (Å²) in [5, 5.41) is 9.50. The van der Waals surface area contributed by atoms with Crippen LogP contribution in [0.15, 0.2) is 24.3 Å². The van der Waals surface area contributed by atoms with Crippen molar-refractivity contribution < 1.29 is 19.2 Å². The van der Waals surface area contributed by atoms with Crippen molar-refractivity contribution in [2.75, 3.05) is 6.61 Å². The van der Waals surface area contributed by atoms with Gasteiger partial charge < -0.3 is 19.2 Å². The minimum atomic E-state index is -0.423. The predicted molar refractivity (Wildman–Crippen MR) is 84.0 cm³/mol. The van der Waals surface area contributed by atoms with Crippen LogP contribution in [-0.2, 0) is 9.31 Å². The Morgan fingerprint density at radius 3 is 2.10 bits per heavy atom. The van der Waals surface area contributed by atoms with Crippen LogP contribution in [0, 0.1) is 0 Å². The first-order valence-corrected chi connectivity index (χ1v) is 7.51. The van der Waals surface area contributed by atoms with E-state index in [0.29, 0.717) is 13.0 Å². The summed E-state index contributed by atoms with van der Waals surface area (Å²) >= 11 is 0. The number of ether oxygens (including phenoxy) is 1. The predicted octanol–water partition coefficient (Wildman–Crippen LogP) is 2.14. The van der Waals surface area contributed by atoms with Crippen molar-refractivity contribution in [2.45, 2.75) is 58.3 Å². The highest BCUT2D eigenvalue weighted by atomic mass is 16.7. The molecule has 21 heavy (non-hydrogen) atoms. The van der Waals surface area contributed by atoms with E-state index in [1.165, 1.54) is 0 Å². The van der Waals surface area contributed by atoms with Crippen LogP contribution < -0.4 is 10.2 Å². The zero-order valence-corrected chi connectivity index (χ0v) is 13.6. The molecule has 1 unspecified atom stereocenters. The zero-order chi connectivity index (χ0) is 15.7. The lowest BCUT2D eigenvalue weighted by Crippen LogP contribution is -2.41. The number of hydrogen-bond acceptors (Lipinski definition) is 4. The van der Waals surface area contributed by atoms with Gasteiger partial charge in [0.15, 0.2) is 0 Å².